The molecule has 2 aliphatic rings. The van der Waals surface area contributed by atoms with E-state index in [0.717, 1.165) is 29.6 Å². The van der Waals surface area contributed by atoms with Crippen molar-refractivity contribution in [1.29, 1.82) is 0 Å². The number of unbranched alkanes of at least 4 members (excludes halogenated alkanes) is 3. The van der Waals surface area contributed by atoms with Crippen LogP contribution in [0.15, 0.2) is 109 Å². The van der Waals surface area contributed by atoms with E-state index in [9.17, 15) is 31.8 Å². The van der Waals surface area contributed by atoms with E-state index in [-0.39, 0.29) is 18.6 Å². The summed E-state index contributed by atoms with van der Waals surface area (Å²) in [5, 5.41) is 24.2. The van der Waals surface area contributed by atoms with Gasteiger partial charge in [0, 0.05) is 24.5 Å². The lowest BCUT2D eigenvalue weighted by atomic mass is 9.71. The second kappa shape index (κ2) is 23.3. The largest absolute Gasteiger partial charge is 0.534 e. The lowest BCUT2D eigenvalue weighted by molar-refractivity contribution is -0.124. The van der Waals surface area contributed by atoms with Crippen LogP contribution in [0.25, 0.3) is 0 Å². The third-order valence-corrected chi connectivity index (χ3v) is 24.9. The SMILES string of the molecule is C=C[C@]1(O[Si](CC)(CC)CC)[C@@H]2C(=O)/C(=C(/CCO[Si](c3ccccc3)(c3ccccc3)C(C)(C)C)OS(=O)(=O)C(F)(F)F)[C@H]1[C@H](CCCCC/C=C/C)[C@H]2C[C@@H](O)[C@@H](O)CC/C=C/C. The number of alkyl halides is 3. The minimum atomic E-state index is -6.27. The number of benzene rings is 2. The first-order chi connectivity index (χ1) is 30.7. The Hall–Kier alpha value is -3.12. The van der Waals surface area contributed by atoms with Gasteiger partial charge in [0.25, 0.3) is 8.32 Å². The number of ketones is 1. The van der Waals surface area contributed by atoms with E-state index < -0.39 is 96.7 Å². The van der Waals surface area contributed by atoms with Crippen molar-refractivity contribution in [3.8, 4) is 0 Å². The van der Waals surface area contributed by atoms with Gasteiger partial charge in [-0.3, -0.25) is 4.79 Å². The molecule has 0 radical (unpaired) electrons. The maximum absolute atomic E-state index is 15.5. The highest BCUT2D eigenvalue weighted by atomic mass is 32.2. The molecule has 4 rings (SSSR count). The summed E-state index contributed by atoms with van der Waals surface area (Å²) in [5.41, 5.74) is -7.37. The molecule has 2 bridgehead atoms. The molecule has 0 amide bonds. The summed E-state index contributed by atoms with van der Waals surface area (Å²) in [6, 6.07) is 21.4. The number of rotatable bonds is 26. The van der Waals surface area contributed by atoms with Gasteiger partial charge in [0.1, 0.15) is 5.76 Å². The van der Waals surface area contributed by atoms with Crippen molar-refractivity contribution in [3.63, 3.8) is 0 Å². The zero-order valence-corrected chi connectivity index (χ0v) is 42.7. The molecule has 2 fully saturated rings. The normalized spacial score (nSPS) is 23.7. The van der Waals surface area contributed by atoms with Crippen LogP contribution >= 0.6 is 0 Å². The van der Waals surface area contributed by atoms with Gasteiger partial charge in [0.05, 0.1) is 23.7 Å². The van der Waals surface area contributed by atoms with Crippen molar-refractivity contribution in [2.75, 3.05) is 6.61 Å². The van der Waals surface area contributed by atoms with Gasteiger partial charge in [-0.25, -0.2) is 0 Å². The van der Waals surface area contributed by atoms with Gasteiger partial charge in [0.15, 0.2) is 14.1 Å². The third-order valence-electron chi connectivity index (χ3n) is 14.2. The molecule has 0 saturated heterocycles. The van der Waals surface area contributed by atoms with Crippen LogP contribution in [0.3, 0.4) is 0 Å². The van der Waals surface area contributed by atoms with Gasteiger partial charge in [-0.2, -0.15) is 21.6 Å². The lowest BCUT2D eigenvalue weighted by Gasteiger charge is -2.43. The van der Waals surface area contributed by atoms with Crippen molar-refractivity contribution in [1.82, 2.24) is 0 Å². The molecule has 362 valence electrons. The number of aliphatic hydroxyl groups excluding tert-OH is 2. The van der Waals surface area contributed by atoms with Crippen LogP contribution < -0.4 is 10.4 Å². The average molecular weight is 961 g/mol. The van der Waals surface area contributed by atoms with Crippen molar-refractivity contribution in [2.45, 2.75) is 160 Å². The van der Waals surface area contributed by atoms with Gasteiger partial charge in [-0.05, 0) is 97.8 Å². The molecular weight excluding hydrogens is 886 g/mol. The standard InChI is InChI=1S/C51H75F3O8SSi2/c1-10-16-18-19-20-28-33-40-41(37-43(56)42(55)34-23-17-11-2)47-48(57)45(46(40)50(47,12-3)62-64(13-4,14-5)15-6)44(61-63(58,59)51(52,53)54)35-36-60-65(49(7,8)9,38-29-24-21-25-30-38)39-31-26-22-27-32-39/h10-12,16-17,21-22,24-27,29-32,40-43,46-47,55-56H,3,13-15,18-20,23,28,33-37H2,1-2,4-9H3/b16-10+,17-11+,45-44-/t40-,41-,42+,43-,46-,47+,50-/m1/s1. The van der Waals surface area contributed by atoms with E-state index in [1.807, 2.05) is 114 Å². The number of hydrogen-bond acceptors (Lipinski definition) is 8. The molecule has 2 aromatic rings. The molecule has 14 heteroatoms. The number of aliphatic hydroxyl groups is 2. The summed E-state index contributed by atoms with van der Waals surface area (Å²) in [4.78, 5) is 15.5. The van der Waals surface area contributed by atoms with E-state index in [1.165, 1.54) is 0 Å². The Bertz CT molecular complexity index is 2000. The summed E-state index contributed by atoms with van der Waals surface area (Å²) in [6.45, 7) is 20.1. The molecular formula is C51H75F3O8SSi2. The Labute approximate surface area is 389 Å². The van der Waals surface area contributed by atoms with Crippen LogP contribution in [0.5, 0.6) is 0 Å². The van der Waals surface area contributed by atoms with Gasteiger partial charge >= 0.3 is 15.6 Å². The Morgan fingerprint density at radius 2 is 1.38 bits per heavy atom. The smallest absolute Gasteiger partial charge is 0.407 e. The fourth-order valence-corrected chi connectivity index (χ4v) is 18.9. The minimum absolute atomic E-state index is 0.0340. The minimum Gasteiger partial charge on any atom is -0.407 e. The molecule has 0 aromatic heterocycles. The Balaban J connectivity index is 1.99. The third kappa shape index (κ3) is 11.8. The van der Waals surface area contributed by atoms with Crippen molar-refractivity contribution in [2.24, 2.45) is 23.7 Å². The second-order valence-corrected chi connectivity index (χ2v) is 29.4. The molecule has 2 saturated carbocycles. The maximum Gasteiger partial charge on any atom is 0.534 e. The number of carbonyl (C=O) groups is 1. The fraction of sp³-hybridized carbons (Fsp3) is 0.588. The lowest BCUT2D eigenvalue weighted by Crippen LogP contribution is -2.66. The van der Waals surface area contributed by atoms with Gasteiger partial charge in [-0.15, -0.1) is 6.58 Å². The topological polar surface area (TPSA) is 119 Å². The Kier molecular flexibility index (Phi) is 19.5. The van der Waals surface area contributed by atoms with Crippen molar-refractivity contribution in [3.05, 3.63) is 109 Å². The number of allylic oxidation sites excluding steroid dienone is 4. The summed E-state index contributed by atoms with van der Waals surface area (Å²) in [5.74, 6) is -4.20. The number of fused-ring (bicyclic) bond motifs is 2. The van der Waals surface area contributed by atoms with E-state index in [1.54, 1.807) is 6.08 Å². The monoisotopic (exact) mass is 960 g/mol. The fourth-order valence-electron chi connectivity index (χ4n) is 10.8. The van der Waals surface area contributed by atoms with E-state index in [2.05, 4.69) is 33.4 Å². The van der Waals surface area contributed by atoms with Gasteiger partial charge < -0.3 is 23.2 Å². The highest BCUT2D eigenvalue weighted by Crippen LogP contribution is 2.65. The zero-order chi connectivity index (χ0) is 48.3. The number of carbonyl (C=O) groups excluding carboxylic acids is 1. The Morgan fingerprint density at radius 1 is 0.831 bits per heavy atom. The maximum atomic E-state index is 15.5. The second-order valence-electron chi connectivity index (χ2n) is 18.9. The van der Waals surface area contributed by atoms with Crippen LogP contribution in [0, 0.1) is 23.7 Å². The van der Waals surface area contributed by atoms with E-state index >= 15 is 4.79 Å². The first-order valence-electron chi connectivity index (χ1n) is 23.7. The van der Waals surface area contributed by atoms with Crippen molar-refractivity contribution >= 4 is 42.9 Å². The highest BCUT2D eigenvalue weighted by Gasteiger charge is 2.71. The molecule has 0 spiro atoms. The summed E-state index contributed by atoms with van der Waals surface area (Å²) >= 11 is 0. The zero-order valence-electron chi connectivity index (χ0n) is 39.9. The molecule has 0 aliphatic heterocycles. The predicted octanol–water partition coefficient (Wildman–Crippen LogP) is 11.1. The summed E-state index contributed by atoms with van der Waals surface area (Å²) < 4.78 is 89.6. The molecule has 2 aromatic carbocycles. The Morgan fingerprint density at radius 3 is 1.88 bits per heavy atom. The van der Waals surface area contributed by atoms with Gasteiger partial charge in [-0.1, -0.05) is 145 Å². The summed E-state index contributed by atoms with van der Waals surface area (Å²) in [7, 11) is -12.2. The number of halogens is 3. The molecule has 7 atom stereocenters. The van der Waals surface area contributed by atoms with Gasteiger partial charge in [0.2, 0.25) is 0 Å². The average Bonchev–Trinajstić information content (AvgIpc) is 3.66. The first-order valence-corrected chi connectivity index (χ1v) is 29.5. The molecule has 0 unspecified atom stereocenters. The number of hydrogen-bond donors (Lipinski definition) is 2. The molecule has 65 heavy (non-hydrogen) atoms. The van der Waals surface area contributed by atoms with E-state index in [0.29, 0.717) is 43.8 Å². The van der Waals surface area contributed by atoms with Crippen LogP contribution in [0.2, 0.25) is 23.2 Å². The molecule has 2 aliphatic carbocycles. The van der Waals surface area contributed by atoms with Crippen LogP contribution in [-0.4, -0.2) is 71.0 Å². The first kappa shape index (κ1) is 54.5. The van der Waals surface area contributed by atoms with Crippen LogP contribution in [-0.2, 0) is 27.9 Å². The molecule has 8 nitrogen and oxygen atoms in total. The molecule has 2 N–H and O–H groups in total. The predicted molar refractivity (Wildman–Crippen MR) is 260 cm³/mol. The molecule has 0 heterocycles. The van der Waals surface area contributed by atoms with Crippen LogP contribution in [0.4, 0.5) is 13.2 Å². The number of Topliss-reactive ketones (excluding diaryl/α,β-unsaturated/α-hetero) is 1. The summed E-state index contributed by atoms with van der Waals surface area (Å²) in [6.07, 6.45) is 11.4. The van der Waals surface area contributed by atoms with Crippen molar-refractivity contribution < 1.29 is 49.6 Å². The quantitative estimate of drug-likeness (QED) is 0.0182. The van der Waals surface area contributed by atoms with E-state index in [4.69, 9.17) is 13.0 Å². The van der Waals surface area contributed by atoms with Crippen LogP contribution in [0.1, 0.15) is 113 Å². The highest BCUT2D eigenvalue weighted by molar-refractivity contribution is 7.87.